The fourth-order valence-corrected chi connectivity index (χ4v) is 1.73. The molecule has 7 heteroatoms. The van der Waals surface area contributed by atoms with Crippen molar-refractivity contribution in [3.63, 3.8) is 0 Å². The molecule has 2 aromatic rings. The third-order valence-corrected chi connectivity index (χ3v) is 2.80. The molecule has 0 unspecified atom stereocenters. The fraction of sp³-hybridized carbons (Fsp3) is 0.214. The molecule has 1 aromatic heterocycles. The molecule has 0 radical (unpaired) electrons. The van der Waals surface area contributed by atoms with E-state index < -0.39 is 4.92 Å². The van der Waals surface area contributed by atoms with Gasteiger partial charge in [0.2, 0.25) is 0 Å². The average Bonchev–Trinajstić information content (AvgIpc) is 2.52. The average molecular weight is 289 g/mol. The smallest absolute Gasteiger partial charge is 0.331 e. The summed E-state index contributed by atoms with van der Waals surface area (Å²) in [6.45, 7) is 0.165. The molecule has 7 nitrogen and oxygen atoms in total. The molecule has 0 aliphatic carbocycles. The Balaban J connectivity index is 2.19. The van der Waals surface area contributed by atoms with Crippen molar-refractivity contribution in [3.8, 4) is 11.6 Å². The number of hydrogen-bond donors (Lipinski definition) is 1. The second-order valence-corrected chi connectivity index (χ2v) is 4.17. The SMILES string of the molecule is CNc1ccc([N+](=O)[O-])c(OCc2cccc(OC)c2)n1. The van der Waals surface area contributed by atoms with Crippen LogP contribution in [0.3, 0.4) is 0 Å². The third-order valence-electron chi connectivity index (χ3n) is 2.80. The van der Waals surface area contributed by atoms with E-state index in [1.807, 2.05) is 18.2 Å². The first kappa shape index (κ1) is 14.6. The summed E-state index contributed by atoms with van der Waals surface area (Å²) < 4.78 is 10.6. The zero-order chi connectivity index (χ0) is 15.2. The Morgan fingerprint density at radius 2 is 2.14 bits per heavy atom. The van der Waals surface area contributed by atoms with E-state index in [4.69, 9.17) is 9.47 Å². The lowest BCUT2D eigenvalue weighted by atomic mass is 10.2. The summed E-state index contributed by atoms with van der Waals surface area (Å²) >= 11 is 0. The number of benzene rings is 1. The molecule has 2 rings (SSSR count). The zero-order valence-electron chi connectivity index (χ0n) is 11.7. The molecule has 0 bridgehead atoms. The van der Waals surface area contributed by atoms with Crippen LogP contribution in [0.5, 0.6) is 11.6 Å². The van der Waals surface area contributed by atoms with Crippen molar-refractivity contribution in [1.82, 2.24) is 4.98 Å². The van der Waals surface area contributed by atoms with Crippen LogP contribution in [-0.4, -0.2) is 24.1 Å². The van der Waals surface area contributed by atoms with Crippen molar-refractivity contribution in [2.75, 3.05) is 19.5 Å². The highest BCUT2D eigenvalue weighted by Gasteiger charge is 2.17. The van der Waals surface area contributed by atoms with Crippen LogP contribution >= 0.6 is 0 Å². The second kappa shape index (κ2) is 6.56. The predicted octanol–water partition coefficient (Wildman–Crippen LogP) is 2.62. The molecule has 0 spiro atoms. The quantitative estimate of drug-likeness (QED) is 0.649. The molecule has 0 saturated heterocycles. The third kappa shape index (κ3) is 3.59. The first-order valence-corrected chi connectivity index (χ1v) is 6.23. The van der Waals surface area contributed by atoms with E-state index >= 15 is 0 Å². The summed E-state index contributed by atoms with van der Waals surface area (Å²) in [7, 11) is 3.25. The lowest BCUT2D eigenvalue weighted by Crippen LogP contribution is -2.03. The van der Waals surface area contributed by atoms with Gasteiger partial charge in [-0.05, 0) is 23.8 Å². The number of nitrogens with one attached hydrogen (secondary N) is 1. The largest absolute Gasteiger partial charge is 0.497 e. The lowest BCUT2D eigenvalue weighted by molar-refractivity contribution is -0.386. The topological polar surface area (TPSA) is 86.5 Å². The van der Waals surface area contributed by atoms with Gasteiger partial charge in [0.05, 0.1) is 12.0 Å². The van der Waals surface area contributed by atoms with Gasteiger partial charge in [-0.2, -0.15) is 4.98 Å². The fourth-order valence-electron chi connectivity index (χ4n) is 1.73. The standard InChI is InChI=1S/C14H15N3O4/c1-15-13-7-6-12(17(18)19)14(16-13)21-9-10-4-3-5-11(8-10)20-2/h3-8H,9H2,1-2H3,(H,15,16). The van der Waals surface area contributed by atoms with Gasteiger partial charge in [-0.1, -0.05) is 12.1 Å². The molecule has 110 valence electrons. The minimum atomic E-state index is -0.520. The van der Waals surface area contributed by atoms with Gasteiger partial charge in [-0.25, -0.2) is 0 Å². The number of hydrogen-bond acceptors (Lipinski definition) is 6. The normalized spacial score (nSPS) is 10.0. The number of anilines is 1. The molecule has 1 aromatic carbocycles. The van der Waals surface area contributed by atoms with Gasteiger partial charge in [-0.15, -0.1) is 0 Å². The molecule has 1 heterocycles. The minimum Gasteiger partial charge on any atom is -0.497 e. The van der Waals surface area contributed by atoms with Crippen molar-refractivity contribution < 1.29 is 14.4 Å². The highest BCUT2D eigenvalue weighted by atomic mass is 16.6. The van der Waals surface area contributed by atoms with Crippen molar-refractivity contribution in [2.45, 2.75) is 6.61 Å². The van der Waals surface area contributed by atoms with Crippen molar-refractivity contribution in [2.24, 2.45) is 0 Å². The maximum Gasteiger partial charge on any atom is 0.331 e. The Kier molecular flexibility index (Phi) is 4.55. The summed E-state index contributed by atoms with van der Waals surface area (Å²) in [6.07, 6.45) is 0. The number of ether oxygens (including phenoxy) is 2. The van der Waals surface area contributed by atoms with Crippen LogP contribution in [0.15, 0.2) is 36.4 Å². The summed E-state index contributed by atoms with van der Waals surface area (Å²) in [5.41, 5.74) is 0.664. The molecule has 0 atom stereocenters. The highest BCUT2D eigenvalue weighted by Crippen LogP contribution is 2.27. The Morgan fingerprint density at radius 1 is 1.33 bits per heavy atom. The van der Waals surface area contributed by atoms with Crippen LogP contribution in [0.2, 0.25) is 0 Å². The summed E-state index contributed by atoms with van der Waals surface area (Å²) in [5, 5.41) is 13.8. The predicted molar refractivity (Wildman–Crippen MR) is 77.8 cm³/mol. The number of nitro groups is 1. The number of nitrogens with zero attached hydrogens (tertiary/aromatic N) is 2. The Hall–Kier alpha value is -2.83. The molecule has 0 aliphatic heterocycles. The first-order valence-electron chi connectivity index (χ1n) is 6.23. The van der Waals surface area contributed by atoms with Crippen molar-refractivity contribution in [3.05, 3.63) is 52.1 Å². The van der Waals surface area contributed by atoms with Crippen molar-refractivity contribution in [1.29, 1.82) is 0 Å². The number of methoxy groups -OCH3 is 1. The number of pyridine rings is 1. The van der Waals surface area contributed by atoms with E-state index in [0.717, 1.165) is 5.56 Å². The lowest BCUT2D eigenvalue weighted by Gasteiger charge is -2.08. The summed E-state index contributed by atoms with van der Waals surface area (Å²) in [4.78, 5) is 14.5. The van der Waals surface area contributed by atoms with E-state index in [0.29, 0.717) is 11.6 Å². The van der Waals surface area contributed by atoms with E-state index in [9.17, 15) is 10.1 Å². The molecule has 1 N–H and O–H groups in total. The van der Waals surface area contributed by atoms with Gasteiger partial charge in [0.1, 0.15) is 18.2 Å². The van der Waals surface area contributed by atoms with Gasteiger partial charge in [0.25, 0.3) is 5.88 Å². The van der Waals surface area contributed by atoms with Gasteiger partial charge in [0, 0.05) is 13.1 Å². The van der Waals surface area contributed by atoms with Crippen LogP contribution in [0.4, 0.5) is 11.5 Å². The van der Waals surface area contributed by atoms with Crippen LogP contribution < -0.4 is 14.8 Å². The highest BCUT2D eigenvalue weighted by molar-refractivity contribution is 5.48. The van der Waals surface area contributed by atoms with E-state index in [1.165, 1.54) is 12.1 Å². The maximum atomic E-state index is 11.0. The number of rotatable bonds is 6. The van der Waals surface area contributed by atoms with Crippen LogP contribution in [0.1, 0.15) is 5.56 Å². The molecule has 0 saturated carbocycles. The summed E-state index contributed by atoms with van der Waals surface area (Å²) in [6, 6.07) is 10.2. The Bertz CT molecular complexity index is 646. The van der Waals surface area contributed by atoms with Crippen molar-refractivity contribution >= 4 is 11.5 Å². The van der Waals surface area contributed by atoms with Gasteiger partial charge in [0.15, 0.2) is 0 Å². The van der Waals surface area contributed by atoms with Gasteiger partial charge < -0.3 is 14.8 Å². The van der Waals surface area contributed by atoms with Crippen LogP contribution in [-0.2, 0) is 6.61 Å². The molecule has 0 fully saturated rings. The molecule has 21 heavy (non-hydrogen) atoms. The van der Waals surface area contributed by atoms with E-state index in [2.05, 4.69) is 10.3 Å². The molecular weight excluding hydrogens is 274 g/mol. The molecule has 0 aliphatic rings. The van der Waals surface area contributed by atoms with E-state index in [-0.39, 0.29) is 18.2 Å². The number of aromatic nitrogens is 1. The monoisotopic (exact) mass is 289 g/mol. The minimum absolute atomic E-state index is 0.0188. The Morgan fingerprint density at radius 3 is 2.81 bits per heavy atom. The first-order chi connectivity index (χ1) is 10.1. The maximum absolute atomic E-state index is 11.0. The van der Waals surface area contributed by atoms with Crippen LogP contribution in [0, 0.1) is 10.1 Å². The molecule has 0 amide bonds. The zero-order valence-corrected chi connectivity index (χ0v) is 11.7. The molecular formula is C14H15N3O4. The Labute approximate surface area is 121 Å². The van der Waals surface area contributed by atoms with Gasteiger partial charge in [-0.3, -0.25) is 10.1 Å². The second-order valence-electron chi connectivity index (χ2n) is 4.17. The summed E-state index contributed by atoms with van der Waals surface area (Å²) in [5.74, 6) is 1.18. The van der Waals surface area contributed by atoms with Gasteiger partial charge >= 0.3 is 5.69 Å². The van der Waals surface area contributed by atoms with Crippen LogP contribution in [0.25, 0.3) is 0 Å². The van der Waals surface area contributed by atoms with E-state index in [1.54, 1.807) is 20.2 Å².